The molecule has 4 amide bonds. The number of furan rings is 1. The summed E-state index contributed by atoms with van der Waals surface area (Å²) in [5.41, 5.74) is 1.89. The van der Waals surface area contributed by atoms with Gasteiger partial charge in [0.15, 0.2) is 5.54 Å². The number of imide groups is 1. The van der Waals surface area contributed by atoms with Crippen LogP contribution < -0.4 is 10.6 Å². The van der Waals surface area contributed by atoms with Gasteiger partial charge in [-0.3, -0.25) is 14.5 Å². The second-order valence-corrected chi connectivity index (χ2v) is 7.61. The molecule has 2 aromatic carbocycles. The number of carbonyl (C=O) groups is 3. The highest BCUT2D eigenvalue weighted by Crippen LogP contribution is 2.33. The Morgan fingerprint density at radius 3 is 2.67 bits per heavy atom. The molecule has 1 saturated heterocycles. The molecule has 1 aromatic heterocycles. The Bertz CT molecular complexity index is 1130. The molecule has 2 heterocycles. The summed E-state index contributed by atoms with van der Waals surface area (Å²) in [6.07, 6.45) is 0.755. The summed E-state index contributed by atoms with van der Waals surface area (Å²) in [7, 11) is 0. The van der Waals surface area contributed by atoms with Crippen LogP contribution in [0.5, 0.6) is 0 Å². The summed E-state index contributed by atoms with van der Waals surface area (Å²) in [5.74, 6) is -0.629. The van der Waals surface area contributed by atoms with Crippen molar-refractivity contribution in [2.45, 2.75) is 32.7 Å². The van der Waals surface area contributed by atoms with E-state index in [0.29, 0.717) is 11.3 Å². The third kappa shape index (κ3) is 3.22. The Morgan fingerprint density at radius 2 is 1.93 bits per heavy atom. The number of hydrogen-bond acceptors (Lipinski definition) is 4. The van der Waals surface area contributed by atoms with Crippen LogP contribution in [0.1, 0.15) is 30.7 Å². The van der Waals surface area contributed by atoms with Crippen LogP contribution in [-0.4, -0.2) is 29.3 Å². The first-order valence-electron chi connectivity index (χ1n) is 9.85. The molecule has 2 N–H and O–H groups in total. The van der Waals surface area contributed by atoms with Crippen LogP contribution >= 0.6 is 0 Å². The number of amides is 4. The molecule has 4 rings (SSSR count). The lowest BCUT2D eigenvalue weighted by Gasteiger charge is -2.19. The molecule has 1 aliphatic rings. The molecule has 0 aliphatic carbocycles. The Kier molecular flexibility index (Phi) is 4.81. The van der Waals surface area contributed by atoms with E-state index in [1.54, 1.807) is 19.1 Å². The van der Waals surface area contributed by atoms with Crippen LogP contribution in [0.3, 0.4) is 0 Å². The smallest absolute Gasteiger partial charge is 0.325 e. The third-order valence-electron chi connectivity index (χ3n) is 5.50. The van der Waals surface area contributed by atoms with Crippen molar-refractivity contribution in [3.05, 3.63) is 65.4 Å². The molecular weight excluding hydrogens is 382 g/mol. The van der Waals surface area contributed by atoms with Gasteiger partial charge in [-0.1, -0.05) is 43.3 Å². The minimum atomic E-state index is -1.37. The number of benzene rings is 2. The molecule has 0 bridgehead atoms. The first kappa shape index (κ1) is 19.7. The lowest BCUT2D eigenvalue weighted by molar-refractivity contribution is -0.134. The largest absolute Gasteiger partial charge is 0.458 e. The van der Waals surface area contributed by atoms with Gasteiger partial charge in [-0.15, -0.1) is 0 Å². The molecule has 0 spiro atoms. The van der Waals surface area contributed by atoms with E-state index >= 15 is 0 Å². The summed E-state index contributed by atoms with van der Waals surface area (Å²) in [6.45, 7) is 5.11. The Balaban J connectivity index is 1.55. The van der Waals surface area contributed by atoms with Crippen molar-refractivity contribution in [1.29, 1.82) is 0 Å². The molecule has 7 nitrogen and oxygen atoms in total. The topological polar surface area (TPSA) is 91.7 Å². The number of nitrogens with zero attached hydrogens (tertiary/aromatic N) is 1. The number of anilines is 1. The predicted octanol–water partition coefficient (Wildman–Crippen LogP) is 3.71. The van der Waals surface area contributed by atoms with Crippen LogP contribution in [0, 0.1) is 6.92 Å². The van der Waals surface area contributed by atoms with Crippen LogP contribution in [0.4, 0.5) is 10.5 Å². The number of fused-ring (bicyclic) bond motifs is 1. The lowest BCUT2D eigenvalue weighted by Crippen LogP contribution is -2.42. The maximum Gasteiger partial charge on any atom is 0.325 e. The number of aryl methyl sites for hydroxylation is 2. The number of hydrogen-bond donors (Lipinski definition) is 2. The minimum absolute atomic E-state index is 0.331. The lowest BCUT2D eigenvalue weighted by atomic mass is 9.99. The van der Waals surface area contributed by atoms with Crippen molar-refractivity contribution in [1.82, 2.24) is 10.2 Å². The van der Waals surface area contributed by atoms with Crippen LogP contribution in [0.2, 0.25) is 0 Å². The third-order valence-corrected chi connectivity index (χ3v) is 5.50. The SMILES string of the molecule is CCc1cccc(C)c1NC(=O)CN1C(=O)NC(C)(c2cc3ccccc3o2)C1=O. The van der Waals surface area contributed by atoms with E-state index in [9.17, 15) is 14.4 Å². The van der Waals surface area contributed by atoms with E-state index in [2.05, 4.69) is 10.6 Å². The zero-order chi connectivity index (χ0) is 21.5. The zero-order valence-electron chi connectivity index (χ0n) is 17.1. The Morgan fingerprint density at radius 1 is 1.17 bits per heavy atom. The summed E-state index contributed by atoms with van der Waals surface area (Å²) >= 11 is 0. The highest BCUT2D eigenvalue weighted by molar-refractivity contribution is 6.10. The van der Waals surface area contributed by atoms with Gasteiger partial charge in [0.2, 0.25) is 5.91 Å². The maximum atomic E-state index is 13.1. The average Bonchev–Trinajstić information content (AvgIpc) is 3.25. The van der Waals surface area contributed by atoms with Crippen LogP contribution in [0.25, 0.3) is 11.0 Å². The van der Waals surface area contributed by atoms with Crippen molar-refractivity contribution in [3.63, 3.8) is 0 Å². The predicted molar refractivity (Wildman–Crippen MR) is 113 cm³/mol. The van der Waals surface area contributed by atoms with Crippen molar-refractivity contribution in [3.8, 4) is 0 Å². The molecule has 1 fully saturated rings. The van der Waals surface area contributed by atoms with Crippen molar-refractivity contribution in [2.75, 3.05) is 11.9 Å². The fraction of sp³-hybridized carbons (Fsp3) is 0.261. The van der Waals surface area contributed by atoms with Gasteiger partial charge in [0.1, 0.15) is 17.9 Å². The minimum Gasteiger partial charge on any atom is -0.458 e. The number of nitrogens with one attached hydrogen (secondary N) is 2. The van der Waals surface area contributed by atoms with E-state index in [1.165, 1.54) is 0 Å². The molecular formula is C23H23N3O4. The van der Waals surface area contributed by atoms with E-state index < -0.39 is 23.4 Å². The van der Waals surface area contributed by atoms with E-state index in [-0.39, 0.29) is 6.54 Å². The van der Waals surface area contributed by atoms with Gasteiger partial charge in [-0.2, -0.15) is 0 Å². The number of carbonyl (C=O) groups excluding carboxylic acids is 3. The van der Waals surface area contributed by atoms with Gasteiger partial charge in [-0.25, -0.2) is 4.79 Å². The van der Waals surface area contributed by atoms with Crippen molar-refractivity contribution >= 4 is 34.5 Å². The number of para-hydroxylation sites is 2. The van der Waals surface area contributed by atoms with Crippen molar-refractivity contribution in [2.24, 2.45) is 0 Å². The quantitative estimate of drug-likeness (QED) is 0.633. The van der Waals surface area contributed by atoms with Gasteiger partial charge in [0.25, 0.3) is 5.91 Å². The van der Waals surface area contributed by atoms with E-state index in [4.69, 9.17) is 4.42 Å². The standard InChI is InChI=1S/C23H23N3O4/c1-4-15-10-7-8-14(2)20(15)24-19(27)13-26-21(28)23(3,25-22(26)29)18-12-16-9-5-6-11-17(16)30-18/h5-12H,4,13H2,1-3H3,(H,24,27)(H,25,29). The molecule has 30 heavy (non-hydrogen) atoms. The van der Waals surface area contributed by atoms with Gasteiger partial charge in [0.05, 0.1) is 0 Å². The number of urea groups is 1. The first-order chi connectivity index (χ1) is 14.3. The molecule has 0 saturated carbocycles. The normalized spacial score (nSPS) is 18.7. The Hall–Kier alpha value is -3.61. The second kappa shape index (κ2) is 7.33. The second-order valence-electron chi connectivity index (χ2n) is 7.61. The molecule has 1 unspecified atom stereocenters. The summed E-state index contributed by atoms with van der Waals surface area (Å²) < 4.78 is 5.81. The average molecular weight is 405 g/mol. The van der Waals surface area contributed by atoms with Crippen LogP contribution in [0.15, 0.2) is 52.9 Å². The molecule has 3 aromatic rings. The highest BCUT2D eigenvalue weighted by Gasteiger charge is 2.51. The van der Waals surface area contributed by atoms with Gasteiger partial charge in [-0.05, 0) is 43.5 Å². The van der Waals surface area contributed by atoms with E-state index in [1.807, 2.05) is 50.2 Å². The van der Waals surface area contributed by atoms with Crippen LogP contribution in [-0.2, 0) is 21.5 Å². The van der Waals surface area contributed by atoms with Gasteiger partial charge < -0.3 is 15.1 Å². The summed E-state index contributed by atoms with van der Waals surface area (Å²) in [5, 5.41) is 6.36. The molecule has 1 aliphatic heterocycles. The van der Waals surface area contributed by atoms with Gasteiger partial charge in [0, 0.05) is 11.1 Å². The Labute approximate surface area is 174 Å². The summed E-state index contributed by atoms with van der Waals surface area (Å²) in [4.78, 5) is 39.2. The van der Waals surface area contributed by atoms with Gasteiger partial charge >= 0.3 is 6.03 Å². The molecule has 0 radical (unpaired) electrons. The molecule has 7 heteroatoms. The summed E-state index contributed by atoms with van der Waals surface area (Å²) in [6, 6.07) is 14.2. The van der Waals surface area contributed by atoms with Crippen molar-refractivity contribution < 1.29 is 18.8 Å². The molecule has 1 atom stereocenters. The fourth-order valence-corrected chi connectivity index (χ4v) is 3.76. The number of rotatable bonds is 5. The monoisotopic (exact) mass is 405 g/mol. The molecule has 154 valence electrons. The maximum absolute atomic E-state index is 13.1. The zero-order valence-corrected chi connectivity index (χ0v) is 17.1. The fourth-order valence-electron chi connectivity index (χ4n) is 3.76. The van der Waals surface area contributed by atoms with E-state index in [0.717, 1.165) is 33.5 Å². The first-order valence-corrected chi connectivity index (χ1v) is 9.85. The highest BCUT2D eigenvalue weighted by atomic mass is 16.3.